The summed E-state index contributed by atoms with van der Waals surface area (Å²) in [5.41, 5.74) is 2.57. The van der Waals surface area contributed by atoms with Crippen LogP contribution in [0.2, 0.25) is 0 Å². The molecule has 16 heavy (non-hydrogen) atoms. The number of aromatic amines is 2. The Morgan fingerprint density at radius 3 is 2.94 bits per heavy atom. The van der Waals surface area contributed by atoms with Crippen LogP contribution in [0.4, 0.5) is 11.6 Å². The molecule has 0 aliphatic carbocycles. The number of H-pyrrole nitrogens is 2. The molecule has 2 aromatic heterocycles. The molecule has 0 bridgehead atoms. The number of anilines is 2. The lowest BCUT2D eigenvalue weighted by Crippen LogP contribution is -2.11. The summed E-state index contributed by atoms with van der Waals surface area (Å²) in [5.74, 6) is 0.672. The van der Waals surface area contributed by atoms with Gasteiger partial charge in [0.2, 0.25) is 0 Å². The molecule has 0 aliphatic rings. The SMILES string of the molecule is c1ccc(Nc2nc3nc[nH]c3c[nH+]2)cc1. The van der Waals surface area contributed by atoms with Crippen molar-refractivity contribution in [1.82, 2.24) is 15.0 Å². The standard InChI is InChI=1S/C11H9N5/c1-2-4-8(5-3-1)15-11-12-6-9-10(16-11)14-7-13-9/h1-7H,(H2,12,13,14,15,16)/p+1. The lowest BCUT2D eigenvalue weighted by atomic mass is 10.3. The molecule has 0 saturated carbocycles. The van der Waals surface area contributed by atoms with Crippen LogP contribution >= 0.6 is 0 Å². The van der Waals surface area contributed by atoms with Crippen LogP contribution < -0.4 is 10.3 Å². The molecule has 0 radical (unpaired) electrons. The minimum atomic E-state index is 0.672. The first kappa shape index (κ1) is 8.84. The van der Waals surface area contributed by atoms with Gasteiger partial charge in [0, 0.05) is 0 Å². The van der Waals surface area contributed by atoms with E-state index in [-0.39, 0.29) is 0 Å². The maximum Gasteiger partial charge on any atom is 0.396 e. The lowest BCUT2D eigenvalue weighted by molar-refractivity contribution is -0.362. The van der Waals surface area contributed by atoms with Crippen LogP contribution in [0.1, 0.15) is 0 Å². The van der Waals surface area contributed by atoms with Gasteiger partial charge in [0.05, 0.1) is 18.2 Å². The first-order valence-corrected chi connectivity index (χ1v) is 4.96. The number of hydrogen-bond acceptors (Lipinski definition) is 3. The molecule has 0 amide bonds. The van der Waals surface area contributed by atoms with Crippen molar-refractivity contribution in [1.29, 1.82) is 0 Å². The minimum Gasteiger partial charge on any atom is -0.340 e. The molecular formula is C11H10N5+. The third-order valence-electron chi connectivity index (χ3n) is 2.26. The number of aromatic nitrogens is 4. The van der Waals surface area contributed by atoms with Crippen LogP contribution in [0.15, 0.2) is 42.9 Å². The maximum absolute atomic E-state index is 4.32. The topological polar surface area (TPSA) is 67.7 Å². The molecule has 5 nitrogen and oxygen atoms in total. The number of nitrogens with one attached hydrogen (secondary N) is 3. The van der Waals surface area contributed by atoms with Crippen molar-refractivity contribution in [3.05, 3.63) is 42.9 Å². The molecule has 3 rings (SSSR count). The number of hydrogen-bond donors (Lipinski definition) is 2. The lowest BCUT2D eigenvalue weighted by Gasteiger charge is -1.95. The Labute approximate surface area is 91.6 Å². The molecule has 3 N–H and O–H groups in total. The zero-order valence-electron chi connectivity index (χ0n) is 8.44. The number of rotatable bonds is 2. The normalized spacial score (nSPS) is 10.5. The fourth-order valence-corrected chi connectivity index (χ4v) is 1.49. The first-order valence-electron chi connectivity index (χ1n) is 4.96. The average Bonchev–Trinajstić information content (AvgIpc) is 2.77. The third-order valence-corrected chi connectivity index (χ3v) is 2.26. The van der Waals surface area contributed by atoms with E-state index in [1.54, 1.807) is 6.33 Å². The predicted molar refractivity (Wildman–Crippen MR) is 60.2 cm³/mol. The van der Waals surface area contributed by atoms with Gasteiger partial charge in [-0.2, -0.15) is 0 Å². The average molecular weight is 212 g/mol. The first-order chi connectivity index (χ1) is 7.92. The number of nitrogens with zero attached hydrogens (tertiary/aromatic N) is 2. The Kier molecular flexibility index (Phi) is 2.00. The van der Waals surface area contributed by atoms with E-state index in [2.05, 4.69) is 25.3 Å². The van der Waals surface area contributed by atoms with Gasteiger partial charge < -0.3 is 4.98 Å². The van der Waals surface area contributed by atoms with Crippen LogP contribution in [-0.2, 0) is 0 Å². The van der Waals surface area contributed by atoms with Crippen molar-refractivity contribution in [3.8, 4) is 0 Å². The highest BCUT2D eigenvalue weighted by atomic mass is 15.1. The molecule has 3 aromatic rings. The number of imidazole rings is 1. The van der Waals surface area contributed by atoms with E-state index in [0.717, 1.165) is 11.2 Å². The van der Waals surface area contributed by atoms with Crippen molar-refractivity contribution >= 4 is 22.8 Å². The molecule has 1 aromatic carbocycles. The van der Waals surface area contributed by atoms with Crippen LogP contribution in [-0.4, -0.2) is 15.0 Å². The minimum absolute atomic E-state index is 0.672. The van der Waals surface area contributed by atoms with Gasteiger partial charge in [0.1, 0.15) is 5.52 Å². The smallest absolute Gasteiger partial charge is 0.340 e. The molecule has 0 aliphatic heterocycles. The summed E-state index contributed by atoms with van der Waals surface area (Å²) < 4.78 is 0. The fourth-order valence-electron chi connectivity index (χ4n) is 1.49. The molecule has 0 unspecified atom stereocenters. The predicted octanol–water partition coefficient (Wildman–Crippen LogP) is 1.52. The van der Waals surface area contributed by atoms with E-state index in [4.69, 9.17) is 0 Å². The van der Waals surface area contributed by atoms with Gasteiger partial charge in [-0.05, 0) is 17.1 Å². The molecule has 5 heteroatoms. The summed E-state index contributed by atoms with van der Waals surface area (Å²) in [7, 11) is 0. The summed E-state index contributed by atoms with van der Waals surface area (Å²) in [6.07, 6.45) is 3.46. The quantitative estimate of drug-likeness (QED) is 0.676. The zero-order valence-corrected chi connectivity index (χ0v) is 8.44. The van der Waals surface area contributed by atoms with E-state index in [9.17, 15) is 0 Å². The van der Waals surface area contributed by atoms with Crippen LogP contribution in [0.3, 0.4) is 0 Å². The van der Waals surface area contributed by atoms with Gasteiger partial charge in [0.25, 0.3) is 5.65 Å². The highest BCUT2D eigenvalue weighted by Crippen LogP contribution is 2.11. The summed E-state index contributed by atoms with van der Waals surface area (Å²) in [6.45, 7) is 0. The van der Waals surface area contributed by atoms with E-state index in [1.807, 2.05) is 36.5 Å². The largest absolute Gasteiger partial charge is 0.396 e. The monoisotopic (exact) mass is 212 g/mol. The molecule has 2 heterocycles. The zero-order chi connectivity index (χ0) is 10.8. The molecule has 0 atom stereocenters. The van der Waals surface area contributed by atoms with Crippen molar-refractivity contribution in [2.45, 2.75) is 0 Å². The Morgan fingerprint density at radius 1 is 1.19 bits per heavy atom. The van der Waals surface area contributed by atoms with Crippen molar-refractivity contribution in [2.75, 3.05) is 5.32 Å². The second-order valence-corrected chi connectivity index (χ2v) is 3.38. The van der Waals surface area contributed by atoms with Crippen LogP contribution in [0, 0.1) is 0 Å². The Balaban J connectivity index is 1.94. The van der Waals surface area contributed by atoms with Gasteiger partial charge in [-0.3, -0.25) is 0 Å². The second kappa shape index (κ2) is 3.62. The highest BCUT2D eigenvalue weighted by Gasteiger charge is 2.08. The van der Waals surface area contributed by atoms with Gasteiger partial charge in [-0.25, -0.2) is 15.3 Å². The number of fused-ring (bicyclic) bond motifs is 1. The number of benzene rings is 1. The second-order valence-electron chi connectivity index (χ2n) is 3.38. The summed E-state index contributed by atoms with van der Waals surface area (Å²) in [4.78, 5) is 14.4. The summed E-state index contributed by atoms with van der Waals surface area (Å²) in [6, 6.07) is 9.86. The van der Waals surface area contributed by atoms with E-state index < -0.39 is 0 Å². The van der Waals surface area contributed by atoms with E-state index in [1.165, 1.54) is 0 Å². The maximum atomic E-state index is 4.32. The Bertz CT molecular complexity index is 602. The van der Waals surface area contributed by atoms with Gasteiger partial charge in [-0.1, -0.05) is 18.2 Å². The van der Waals surface area contributed by atoms with Crippen molar-refractivity contribution < 1.29 is 4.98 Å². The van der Waals surface area contributed by atoms with Crippen LogP contribution in [0.5, 0.6) is 0 Å². The Hall–Kier alpha value is -2.43. The van der Waals surface area contributed by atoms with Gasteiger partial charge >= 0.3 is 5.95 Å². The fraction of sp³-hybridized carbons (Fsp3) is 0. The molecule has 78 valence electrons. The molecular weight excluding hydrogens is 202 g/mol. The van der Waals surface area contributed by atoms with Crippen molar-refractivity contribution in [2.24, 2.45) is 0 Å². The molecule has 0 saturated heterocycles. The number of para-hydroxylation sites is 1. The van der Waals surface area contributed by atoms with Crippen LogP contribution in [0.25, 0.3) is 11.2 Å². The van der Waals surface area contributed by atoms with Gasteiger partial charge in [-0.15, -0.1) is 0 Å². The highest BCUT2D eigenvalue weighted by molar-refractivity contribution is 5.69. The van der Waals surface area contributed by atoms with Gasteiger partial charge in [0.15, 0.2) is 0 Å². The third kappa shape index (κ3) is 1.58. The molecule has 0 fully saturated rings. The van der Waals surface area contributed by atoms with E-state index >= 15 is 0 Å². The molecule has 0 spiro atoms. The van der Waals surface area contributed by atoms with E-state index in [0.29, 0.717) is 11.6 Å². The summed E-state index contributed by atoms with van der Waals surface area (Å²) >= 11 is 0. The van der Waals surface area contributed by atoms with Crippen molar-refractivity contribution in [3.63, 3.8) is 0 Å². The summed E-state index contributed by atoms with van der Waals surface area (Å²) in [5, 5.41) is 3.17. The Morgan fingerprint density at radius 2 is 2.06 bits per heavy atom.